The molecule has 4 heteroatoms. The summed E-state index contributed by atoms with van der Waals surface area (Å²) in [6, 6.07) is -0.533. The van der Waals surface area contributed by atoms with E-state index in [9.17, 15) is 15.0 Å². The van der Waals surface area contributed by atoms with Gasteiger partial charge in [-0.15, -0.1) is 0 Å². The first-order chi connectivity index (χ1) is 20.2. The Bertz CT molecular complexity index is 589. The third-order valence-corrected chi connectivity index (χ3v) is 8.24. The van der Waals surface area contributed by atoms with Gasteiger partial charge in [-0.1, -0.05) is 167 Å². The first-order valence-electron chi connectivity index (χ1n) is 18.1. The van der Waals surface area contributed by atoms with Gasteiger partial charge in [-0.25, -0.2) is 0 Å². The second kappa shape index (κ2) is 33.4. The number of unbranched alkanes of at least 4 members (excludes halogenated alkanes) is 22. The first kappa shape index (κ1) is 39.9. The molecular formula is C37H71NO3. The minimum Gasteiger partial charge on any atom is -0.394 e. The standard InChI is InChI=1S/C37H71NO3/c1-3-5-7-9-11-13-15-16-17-18-19-20-21-22-23-25-27-29-31-33-37(41)38-35(34-39)36(40)32-30-28-26-24-14-12-10-8-6-4-2/h11,13,15-16,35-36,39-40H,3-10,12,14,17-34H2,1-2H3,(H,38,41)/b13-11-,16-15-. The second-order valence-electron chi connectivity index (χ2n) is 12.3. The monoisotopic (exact) mass is 578 g/mol. The number of hydrogen-bond donors (Lipinski definition) is 3. The van der Waals surface area contributed by atoms with Crippen molar-refractivity contribution in [3.63, 3.8) is 0 Å². The van der Waals surface area contributed by atoms with Crippen LogP contribution < -0.4 is 5.32 Å². The van der Waals surface area contributed by atoms with Gasteiger partial charge in [0.25, 0.3) is 0 Å². The summed E-state index contributed by atoms with van der Waals surface area (Å²) in [4.78, 5) is 12.3. The molecule has 0 bridgehead atoms. The molecule has 0 aromatic heterocycles. The number of aliphatic hydroxyl groups excluding tert-OH is 2. The highest BCUT2D eigenvalue weighted by atomic mass is 16.3. The molecule has 0 heterocycles. The Labute approximate surface area is 256 Å². The Morgan fingerprint density at radius 3 is 1.46 bits per heavy atom. The molecule has 0 aromatic carbocycles. The van der Waals surface area contributed by atoms with Crippen LogP contribution in [0.1, 0.15) is 187 Å². The largest absolute Gasteiger partial charge is 0.394 e. The number of allylic oxidation sites excluding steroid dienone is 4. The molecule has 2 atom stereocenters. The molecule has 0 aliphatic rings. The zero-order valence-corrected chi connectivity index (χ0v) is 27.6. The fourth-order valence-electron chi connectivity index (χ4n) is 5.41. The molecule has 0 rings (SSSR count). The Morgan fingerprint density at radius 2 is 0.976 bits per heavy atom. The molecular weight excluding hydrogens is 506 g/mol. The molecule has 2 unspecified atom stereocenters. The van der Waals surface area contributed by atoms with Gasteiger partial charge < -0.3 is 15.5 Å². The average molecular weight is 578 g/mol. The summed E-state index contributed by atoms with van der Waals surface area (Å²) >= 11 is 0. The van der Waals surface area contributed by atoms with Crippen molar-refractivity contribution in [3.05, 3.63) is 24.3 Å². The molecule has 4 nitrogen and oxygen atoms in total. The van der Waals surface area contributed by atoms with Crippen molar-refractivity contribution in [2.45, 2.75) is 199 Å². The normalized spacial score (nSPS) is 13.4. The lowest BCUT2D eigenvalue weighted by Gasteiger charge is -2.22. The van der Waals surface area contributed by atoms with Crippen LogP contribution in [0.4, 0.5) is 0 Å². The number of hydrogen-bond acceptors (Lipinski definition) is 3. The van der Waals surface area contributed by atoms with E-state index in [0.717, 1.165) is 25.7 Å². The van der Waals surface area contributed by atoms with Crippen molar-refractivity contribution in [1.29, 1.82) is 0 Å². The Hall–Kier alpha value is -1.13. The molecule has 1 amide bonds. The zero-order valence-electron chi connectivity index (χ0n) is 27.6. The van der Waals surface area contributed by atoms with Crippen LogP contribution in [0.15, 0.2) is 24.3 Å². The van der Waals surface area contributed by atoms with Crippen molar-refractivity contribution in [3.8, 4) is 0 Å². The third-order valence-electron chi connectivity index (χ3n) is 8.24. The van der Waals surface area contributed by atoms with Crippen molar-refractivity contribution in [2.24, 2.45) is 0 Å². The minimum absolute atomic E-state index is 0.0380. The maximum atomic E-state index is 12.3. The van der Waals surface area contributed by atoms with E-state index in [-0.39, 0.29) is 12.5 Å². The van der Waals surface area contributed by atoms with E-state index in [0.29, 0.717) is 12.8 Å². The van der Waals surface area contributed by atoms with Gasteiger partial charge in [0, 0.05) is 6.42 Å². The topological polar surface area (TPSA) is 69.6 Å². The fraction of sp³-hybridized carbons (Fsp3) is 0.865. The van der Waals surface area contributed by atoms with Gasteiger partial charge in [0.1, 0.15) is 0 Å². The number of carbonyl (C=O) groups excluding carboxylic acids is 1. The maximum absolute atomic E-state index is 12.3. The van der Waals surface area contributed by atoms with Crippen LogP contribution >= 0.6 is 0 Å². The Kier molecular flexibility index (Phi) is 32.5. The summed E-state index contributed by atoms with van der Waals surface area (Å²) in [7, 11) is 0. The molecule has 0 saturated carbocycles. The van der Waals surface area contributed by atoms with Gasteiger partial charge in [-0.05, 0) is 38.5 Å². The lowest BCUT2D eigenvalue weighted by Crippen LogP contribution is -2.45. The van der Waals surface area contributed by atoms with E-state index in [2.05, 4.69) is 43.5 Å². The van der Waals surface area contributed by atoms with Crippen LogP contribution in [0.2, 0.25) is 0 Å². The first-order valence-corrected chi connectivity index (χ1v) is 18.1. The van der Waals surface area contributed by atoms with Gasteiger partial charge in [0.15, 0.2) is 0 Å². The fourth-order valence-corrected chi connectivity index (χ4v) is 5.41. The van der Waals surface area contributed by atoms with Crippen LogP contribution in [0.25, 0.3) is 0 Å². The summed E-state index contributed by atoms with van der Waals surface area (Å²) < 4.78 is 0. The summed E-state index contributed by atoms with van der Waals surface area (Å²) in [6.45, 7) is 4.30. The van der Waals surface area contributed by atoms with Gasteiger partial charge in [-0.3, -0.25) is 4.79 Å². The van der Waals surface area contributed by atoms with Gasteiger partial charge >= 0.3 is 0 Å². The second-order valence-corrected chi connectivity index (χ2v) is 12.3. The van der Waals surface area contributed by atoms with E-state index >= 15 is 0 Å². The quantitative estimate of drug-likeness (QED) is 0.0550. The van der Waals surface area contributed by atoms with E-state index in [4.69, 9.17) is 0 Å². The Balaban J connectivity index is 3.55. The highest BCUT2D eigenvalue weighted by molar-refractivity contribution is 5.76. The molecule has 0 spiro atoms. The van der Waals surface area contributed by atoms with Crippen LogP contribution in [0, 0.1) is 0 Å². The molecule has 3 N–H and O–H groups in total. The Morgan fingerprint density at radius 1 is 0.585 bits per heavy atom. The number of carbonyl (C=O) groups is 1. The summed E-state index contributed by atoms with van der Waals surface area (Å²) in [5.74, 6) is -0.0380. The summed E-state index contributed by atoms with van der Waals surface area (Å²) in [5, 5.41) is 23.0. The van der Waals surface area contributed by atoms with E-state index in [1.54, 1.807) is 0 Å². The molecule has 0 fully saturated rings. The smallest absolute Gasteiger partial charge is 0.220 e. The van der Waals surface area contributed by atoms with E-state index in [1.807, 2.05) is 0 Å². The zero-order chi connectivity index (χ0) is 30.1. The SMILES string of the molecule is CCCCC/C=C\C=C/CCCCCCCCCCCCC(=O)NC(CO)C(O)CCCCCCCCCCCC. The molecule has 0 aromatic rings. The van der Waals surface area contributed by atoms with Crippen LogP contribution in [-0.2, 0) is 4.79 Å². The number of rotatable bonds is 32. The predicted octanol–water partition coefficient (Wildman–Crippen LogP) is 10.5. The van der Waals surface area contributed by atoms with E-state index < -0.39 is 12.1 Å². The highest BCUT2D eigenvalue weighted by Gasteiger charge is 2.19. The molecule has 0 saturated heterocycles. The number of nitrogens with one attached hydrogen (secondary N) is 1. The molecule has 242 valence electrons. The van der Waals surface area contributed by atoms with Crippen LogP contribution in [0.5, 0.6) is 0 Å². The van der Waals surface area contributed by atoms with Gasteiger partial charge in [-0.2, -0.15) is 0 Å². The maximum Gasteiger partial charge on any atom is 0.220 e. The average Bonchev–Trinajstić information content (AvgIpc) is 2.97. The number of aliphatic hydroxyl groups is 2. The lowest BCUT2D eigenvalue weighted by molar-refractivity contribution is -0.123. The minimum atomic E-state index is -0.656. The van der Waals surface area contributed by atoms with Crippen molar-refractivity contribution < 1.29 is 15.0 Å². The lowest BCUT2D eigenvalue weighted by atomic mass is 10.0. The van der Waals surface area contributed by atoms with Crippen LogP contribution in [0.3, 0.4) is 0 Å². The van der Waals surface area contributed by atoms with Crippen molar-refractivity contribution in [1.82, 2.24) is 5.32 Å². The molecule has 0 radical (unpaired) electrons. The number of amides is 1. The molecule has 0 aliphatic carbocycles. The molecule has 0 aliphatic heterocycles. The highest BCUT2D eigenvalue weighted by Crippen LogP contribution is 2.14. The molecule has 41 heavy (non-hydrogen) atoms. The van der Waals surface area contributed by atoms with Gasteiger partial charge in [0.05, 0.1) is 18.8 Å². The summed E-state index contributed by atoms with van der Waals surface area (Å²) in [6.07, 6.45) is 40.8. The third kappa shape index (κ3) is 30.1. The predicted molar refractivity (Wildman–Crippen MR) is 179 cm³/mol. The van der Waals surface area contributed by atoms with E-state index in [1.165, 1.54) is 135 Å². The summed E-state index contributed by atoms with van der Waals surface area (Å²) in [5.41, 5.74) is 0. The van der Waals surface area contributed by atoms with Crippen molar-refractivity contribution >= 4 is 5.91 Å². The van der Waals surface area contributed by atoms with Crippen molar-refractivity contribution in [2.75, 3.05) is 6.61 Å². The van der Waals surface area contributed by atoms with Crippen LogP contribution in [-0.4, -0.2) is 34.9 Å². The van der Waals surface area contributed by atoms with Gasteiger partial charge in [0.2, 0.25) is 5.91 Å².